The van der Waals surface area contributed by atoms with Crippen LogP contribution in [-0.2, 0) is 0 Å². The van der Waals surface area contributed by atoms with E-state index in [-0.39, 0.29) is 0 Å². The lowest BCUT2D eigenvalue weighted by atomic mass is 9.96. The number of hydrogen-bond acceptors (Lipinski definition) is 2. The maximum Gasteiger partial charge on any atom is 0.0372 e. The molecule has 1 aliphatic heterocycles. The molecule has 1 aliphatic rings. The van der Waals surface area contributed by atoms with Gasteiger partial charge in [0.2, 0.25) is 0 Å². The monoisotopic (exact) mass is 204 g/mol. The Balaban J connectivity index is 2.23. The van der Waals surface area contributed by atoms with Gasteiger partial charge in [-0.3, -0.25) is 0 Å². The van der Waals surface area contributed by atoms with Crippen molar-refractivity contribution in [2.45, 2.75) is 45.2 Å². The molecule has 2 rings (SSSR count). The van der Waals surface area contributed by atoms with Gasteiger partial charge in [0.15, 0.2) is 0 Å². The Morgan fingerprint density at radius 2 is 1.60 bits per heavy atom. The van der Waals surface area contributed by atoms with Gasteiger partial charge in [0.05, 0.1) is 0 Å². The first kappa shape index (κ1) is 10.3. The van der Waals surface area contributed by atoms with Gasteiger partial charge in [-0.15, -0.1) is 0 Å². The Morgan fingerprint density at radius 3 is 2.13 bits per heavy atom. The van der Waals surface area contributed by atoms with Crippen LogP contribution in [-0.4, -0.2) is 12.1 Å². The maximum atomic E-state index is 5.71. The summed E-state index contributed by atoms with van der Waals surface area (Å²) in [6.45, 7) is 4.62. The van der Waals surface area contributed by atoms with Gasteiger partial charge in [0, 0.05) is 23.5 Å². The van der Waals surface area contributed by atoms with Crippen molar-refractivity contribution in [2.75, 3.05) is 10.6 Å². The third kappa shape index (κ3) is 2.09. The molecule has 1 aromatic carbocycles. The molecular formula is C13H20N2. The lowest BCUT2D eigenvalue weighted by molar-refractivity contribution is 0.414. The van der Waals surface area contributed by atoms with Crippen molar-refractivity contribution in [1.82, 2.24) is 0 Å². The zero-order valence-electron chi connectivity index (χ0n) is 9.61. The minimum absolute atomic E-state index is 0.650. The minimum Gasteiger partial charge on any atom is -0.399 e. The van der Waals surface area contributed by atoms with Crippen LogP contribution in [0.15, 0.2) is 24.3 Å². The predicted molar refractivity (Wildman–Crippen MR) is 66.1 cm³/mol. The largest absolute Gasteiger partial charge is 0.399 e. The summed E-state index contributed by atoms with van der Waals surface area (Å²) in [7, 11) is 0. The average molecular weight is 204 g/mol. The van der Waals surface area contributed by atoms with Gasteiger partial charge < -0.3 is 10.6 Å². The number of nitrogens with zero attached hydrogens (tertiary/aromatic N) is 1. The highest BCUT2D eigenvalue weighted by Gasteiger charge is 2.24. The Labute approximate surface area is 92.1 Å². The van der Waals surface area contributed by atoms with E-state index in [1.165, 1.54) is 24.9 Å². The Kier molecular flexibility index (Phi) is 2.85. The van der Waals surface area contributed by atoms with Gasteiger partial charge in [-0.1, -0.05) is 0 Å². The van der Waals surface area contributed by atoms with E-state index in [1.807, 2.05) is 12.1 Å². The highest BCUT2D eigenvalue weighted by Crippen LogP contribution is 2.29. The van der Waals surface area contributed by atoms with E-state index >= 15 is 0 Å². The number of piperidine rings is 1. The van der Waals surface area contributed by atoms with Crippen molar-refractivity contribution in [3.8, 4) is 0 Å². The lowest BCUT2D eigenvalue weighted by Gasteiger charge is -2.41. The molecule has 2 nitrogen and oxygen atoms in total. The first-order valence-electron chi connectivity index (χ1n) is 5.82. The van der Waals surface area contributed by atoms with E-state index in [4.69, 9.17) is 5.73 Å². The molecule has 0 radical (unpaired) electrons. The van der Waals surface area contributed by atoms with E-state index in [1.54, 1.807) is 0 Å². The topological polar surface area (TPSA) is 29.3 Å². The number of nitrogen functional groups attached to an aromatic ring is 1. The third-order valence-electron chi connectivity index (χ3n) is 3.38. The van der Waals surface area contributed by atoms with Gasteiger partial charge in [0.25, 0.3) is 0 Å². The molecule has 0 bridgehead atoms. The van der Waals surface area contributed by atoms with Crippen molar-refractivity contribution in [3.05, 3.63) is 24.3 Å². The highest BCUT2D eigenvalue weighted by atomic mass is 15.2. The van der Waals surface area contributed by atoms with E-state index < -0.39 is 0 Å². The molecule has 0 spiro atoms. The van der Waals surface area contributed by atoms with Crippen LogP contribution in [0.5, 0.6) is 0 Å². The standard InChI is InChI=1S/C13H20N2/c1-10-4-3-5-11(2)15(10)13-8-6-12(14)7-9-13/h6-11H,3-5,14H2,1-2H3. The Hall–Kier alpha value is -1.18. The van der Waals surface area contributed by atoms with Crippen LogP contribution >= 0.6 is 0 Å². The molecule has 0 saturated carbocycles. The molecule has 1 saturated heterocycles. The maximum absolute atomic E-state index is 5.71. The molecule has 0 amide bonds. The van der Waals surface area contributed by atoms with E-state index in [0.29, 0.717) is 12.1 Å². The smallest absolute Gasteiger partial charge is 0.0372 e. The van der Waals surface area contributed by atoms with Crippen LogP contribution in [0.2, 0.25) is 0 Å². The summed E-state index contributed by atoms with van der Waals surface area (Å²) in [5, 5.41) is 0. The molecule has 0 aromatic heterocycles. The van der Waals surface area contributed by atoms with Crippen molar-refractivity contribution >= 4 is 11.4 Å². The molecule has 1 aromatic rings. The van der Waals surface area contributed by atoms with Crippen LogP contribution in [0.4, 0.5) is 11.4 Å². The quantitative estimate of drug-likeness (QED) is 0.712. The molecule has 2 atom stereocenters. The summed E-state index contributed by atoms with van der Waals surface area (Å²) in [5.41, 5.74) is 7.86. The van der Waals surface area contributed by atoms with Crippen molar-refractivity contribution in [1.29, 1.82) is 0 Å². The molecular weight excluding hydrogens is 184 g/mol. The van der Waals surface area contributed by atoms with Crippen molar-refractivity contribution in [3.63, 3.8) is 0 Å². The number of nitrogens with two attached hydrogens (primary N) is 1. The fourth-order valence-electron chi connectivity index (χ4n) is 2.58. The van der Waals surface area contributed by atoms with E-state index in [0.717, 1.165) is 5.69 Å². The predicted octanol–water partition coefficient (Wildman–Crippen LogP) is 3.04. The molecule has 2 unspecified atom stereocenters. The fraction of sp³-hybridized carbons (Fsp3) is 0.538. The highest BCUT2D eigenvalue weighted by molar-refractivity contribution is 5.54. The third-order valence-corrected chi connectivity index (χ3v) is 3.38. The molecule has 1 fully saturated rings. The molecule has 2 N–H and O–H groups in total. The van der Waals surface area contributed by atoms with Crippen LogP contribution in [0.25, 0.3) is 0 Å². The summed E-state index contributed by atoms with van der Waals surface area (Å²) in [5.74, 6) is 0. The zero-order valence-corrected chi connectivity index (χ0v) is 9.61. The number of benzene rings is 1. The summed E-state index contributed by atoms with van der Waals surface area (Å²) in [6, 6.07) is 9.54. The summed E-state index contributed by atoms with van der Waals surface area (Å²) in [4.78, 5) is 2.52. The van der Waals surface area contributed by atoms with Gasteiger partial charge in [-0.05, 0) is 57.4 Å². The van der Waals surface area contributed by atoms with E-state index in [2.05, 4.69) is 30.9 Å². The van der Waals surface area contributed by atoms with Crippen molar-refractivity contribution in [2.24, 2.45) is 0 Å². The summed E-state index contributed by atoms with van der Waals surface area (Å²) < 4.78 is 0. The zero-order chi connectivity index (χ0) is 10.8. The normalized spacial score (nSPS) is 26.7. The van der Waals surface area contributed by atoms with Crippen LogP contribution in [0.1, 0.15) is 33.1 Å². The van der Waals surface area contributed by atoms with Crippen LogP contribution < -0.4 is 10.6 Å². The lowest BCUT2D eigenvalue weighted by Crippen LogP contribution is -2.43. The van der Waals surface area contributed by atoms with Gasteiger partial charge in [-0.25, -0.2) is 0 Å². The van der Waals surface area contributed by atoms with Gasteiger partial charge in [-0.2, -0.15) is 0 Å². The van der Waals surface area contributed by atoms with Crippen LogP contribution in [0, 0.1) is 0 Å². The van der Waals surface area contributed by atoms with Crippen molar-refractivity contribution < 1.29 is 0 Å². The Bertz CT molecular complexity index is 308. The first-order valence-corrected chi connectivity index (χ1v) is 5.82. The molecule has 82 valence electrons. The van der Waals surface area contributed by atoms with Gasteiger partial charge >= 0.3 is 0 Å². The molecule has 0 aliphatic carbocycles. The number of anilines is 2. The van der Waals surface area contributed by atoms with Crippen LogP contribution in [0.3, 0.4) is 0 Å². The average Bonchev–Trinajstić information content (AvgIpc) is 2.20. The second-order valence-corrected chi connectivity index (χ2v) is 4.63. The Morgan fingerprint density at radius 1 is 1.07 bits per heavy atom. The summed E-state index contributed by atoms with van der Waals surface area (Å²) >= 11 is 0. The number of rotatable bonds is 1. The number of hydrogen-bond donors (Lipinski definition) is 1. The minimum atomic E-state index is 0.650. The second-order valence-electron chi connectivity index (χ2n) is 4.63. The molecule has 2 heteroatoms. The fourth-order valence-corrected chi connectivity index (χ4v) is 2.58. The van der Waals surface area contributed by atoms with E-state index in [9.17, 15) is 0 Å². The summed E-state index contributed by atoms with van der Waals surface area (Å²) in [6.07, 6.45) is 3.96. The first-order chi connectivity index (χ1) is 7.18. The SMILES string of the molecule is CC1CCCC(C)N1c1ccc(N)cc1. The molecule has 15 heavy (non-hydrogen) atoms. The van der Waals surface area contributed by atoms with Gasteiger partial charge in [0.1, 0.15) is 0 Å². The second kappa shape index (κ2) is 4.13. The molecule has 1 heterocycles.